The third-order valence-corrected chi connectivity index (χ3v) is 4.78. The molecule has 0 aliphatic heterocycles. The molecule has 1 fully saturated rings. The predicted molar refractivity (Wildman–Crippen MR) is 75.4 cm³/mol. The molecule has 0 heterocycles. The first-order chi connectivity index (χ1) is 9.06. The fourth-order valence-electron chi connectivity index (χ4n) is 3.70. The van der Waals surface area contributed by atoms with Crippen LogP contribution >= 0.6 is 0 Å². The summed E-state index contributed by atoms with van der Waals surface area (Å²) in [5.74, 6) is 1.53. The Morgan fingerprint density at radius 2 is 1.95 bits per heavy atom. The smallest absolute Gasteiger partial charge is 0.120 e. The van der Waals surface area contributed by atoms with Gasteiger partial charge < -0.3 is 15.5 Å². The quantitative estimate of drug-likeness (QED) is 0.784. The maximum absolute atomic E-state index is 10.1. The number of benzene rings is 1. The van der Waals surface area contributed by atoms with Crippen molar-refractivity contribution in [2.75, 3.05) is 6.54 Å². The predicted octanol–water partition coefficient (Wildman–Crippen LogP) is 2.61. The van der Waals surface area contributed by atoms with E-state index in [0.29, 0.717) is 17.6 Å². The molecule has 1 saturated carbocycles. The van der Waals surface area contributed by atoms with E-state index in [4.69, 9.17) is 0 Å². The summed E-state index contributed by atoms with van der Waals surface area (Å²) in [6.07, 6.45) is 2.81. The summed E-state index contributed by atoms with van der Waals surface area (Å²) < 4.78 is 0. The summed E-state index contributed by atoms with van der Waals surface area (Å²) in [4.78, 5) is 0. The Bertz CT molecular complexity index is 480. The average molecular weight is 261 g/mol. The van der Waals surface area contributed by atoms with Gasteiger partial charge in [0, 0.05) is 11.6 Å². The van der Waals surface area contributed by atoms with Gasteiger partial charge in [0.1, 0.15) is 5.75 Å². The fraction of sp³-hybridized carbons (Fsp3) is 0.625. The van der Waals surface area contributed by atoms with Gasteiger partial charge in [0.2, 0.25) is 0 Å². The van der Waals surface area contributed by atoms with Crippen molar-refractivity contribution in [2.45, 2.75) is 51.2 Å². The van der Waals surface area contributed by atoms with Crippen LogP contribution in [0.15, 0.2) is 12.1 Å². The van der Waals surface area contributed by atoms with Crippen molar-refractivity contribution in [2.24, 2.45) is 5.92 Å². The number of phenolic OH excluding ortho intramolecular Hbond substituents is 1. The van der Waals surface area contributed by atoms with Gasteiger partial charge in [-0.3, -0.25) is 0 Å². The van der Waals surface area contributed by atoms with Crippen molar-refractivity contribution in [3.8, 4) is 5.75 Å². The first-order valence-electron chi connectivity index (χ1n) is 7.30. The van der Waals surface area contributed by atoms with Gasteiger partial charge in [0.05, 0.1) is 6.10 Å². The summed E-state index contributed by atoms with van der Waals surface area (Å²) in [6, 6.07) is 4.09. The van der Waals surface area contributed by atoms with Crippen LogP contribution < -0.4 is 5.32 Å². The van der Waals surface area contributed by atoms with E-state index in [0.717, 1.165) is 31.4 Å². The number of aromatic hydroxyl groups is 1. The Labute approximate surface area is 114 Å². The molecule has 2 unspecified atom stereocenters. The summed E-state index contributed by atoms with van der Waals surface area (Å²) in [7, 11) is 0. The first-order valence-corrected chi connectivity index (χ1v) is 7.30. The molecule has 2 atom stereocenters. The van der Waals surface area contributed by atoms with Gasteiger partial charge in [0.15, 0.2) is 0 Å². The molecule has 0 spiro atoms. The molecule has 1 aromatic rings. The van der Waals surface area contributed by atoms with Gasteiger partial charge in [-0.2, -0.15) is 0 Å². The van der Waals surface area contributed by atoms with E-state index >= 15 is 0 Å². The van der Waals surface area contributed by atoms with E-state index in [1.807, 2.05) is 12.1 Å². The van der Waals surface area contributed by atoms with Crippen LogP contribution in [0.1, 0.15) is 54.8 Å². The maximum atomic E-state index is 10.1. The number of aryl methyl sites for hydroxylation is 1. The van der Waals surface area contributed by atoms with Crippen LogP contribution in [0.5, 0.6) is 5.75 Å². The third kappa shape index (κ3) is 2.26. The largest absolute Gasteiger partial charge is 0.508 e. The maximum Gasteiger partial charge on any atom is 0.120 e. The molecule has 3 N–H and O–H groups in total. The monoisotopic (exact) mass is 261 g/mol. The van der Waals surface area contributed by atoms with Crippen LogP contribution in [0.2, 0.25) is 0 Å². The highest BCUT2D eigenvalue weighted by Gasteiger charge is 2.33. The van der Waals surface area contributed by atoms with Crippen molar-refractivity contribution in [1.82, 2.24) is 5.32 Å². The SMILES string of the molecule is Cc1ccc(O)c2c1C(C)CC2NCC1CC(O)C1. The second-order valence-corrected chi connectivity index (χ2v) is 6.32. The van der Waals surface area contributed by atoms with Crippen LogP contribution in [0.4, 0.5) is 0 Å². The number of aliphatic hydroxyl groups excluding tert-OH is 1. The molecule has 1 aromatic carbocycles. The standard InChI is InChI=1S/C16H23NO2/c1-9-3-4-14(19)16-13(5-10(2)15(9)16)17-8-11-6-12(18)7-11/h3-4,10-13,17-19H,5-8H2,1-2H3. The lowest BCUT2D eigenvalue weighted by Gasteiger charge is -2.32. The number of phenols is 1. The Balaban J connectivity index is 1.74. The summed E-state index contributed by atoms with van der Waals surface area (Å²) >= 11 is 0. The number of hydrogen-bond acceptors (Lipinski definition) is 3. The molecule has 0 saturated heterocycles. The lowest BCUT2D eigenvalue weighted by molar-refractivity contribution is 0.0417. The molecule has 2 aliphatic carbocycles. The Hall–Kier alpha value is -1.06. The van der Waals surface area contributed by atoms with Gasteiger partial charge in [-0.1, -0.05) is 13.0 Å². The molecular weight excluding hydrogens is 238 g/mol. The lowest BCUT2D eigenvalue weighted by Crippen LogP contribution is -2.37. The topological polar surface area (TPSA) is 52.5 Å². The van der Waals surface area contributed by atoms with Crippen LogP contribution in [0.25, 0.3) is 0 Å². The van der Waals surface area contributed by atoms with Crippen molar-refractivity contribution in [1.29, 1.82) is 0 Å². The van der Waals surface area contributed by atoms with Gasteiger partial charge >= 0.3 is 0 Å². The van der Waals surface area contributed by atoms with Gasteiger partial charge in [0.25, 0.3) is 0 Å². The zero-order chi connectivity index (χ0) is 13.6. The van der Waals surface area contributed by atoms with E-state index < -0.39 is 0 Å². The van der Waals surface area contributed by atoms with Crippen molar-refractivity contribution >= 4 is 0 Å². The third-order valence-electron chi connectivity index (χ3n) is 4.78. The summed E-state index contributed by atoms with van der Waals surface area (Å²) in [6.45, 7) is 5.31. The van der Waals surface area contributed by atoms with Crippen LogP contribution in [0.3, 0.4) is 0 Å². The molecule has 0 amide bonds. The van der Waals surface area contributed by atoms with Gasteiger partial charge in [-0.15, -0.1) is 0 Å². The van der Waals surface area contributed by atoms with Gasteiger partial charge in [-0.25, -0.2) is 0 Å². The van der Waals surface area contributed by atoms with Crippen LogP contribution in [0, 0.1) is 12.8 Å². The highest BCUT2D eigenvalue weighted by molar-refractivity contribution is 5.50. The zero-order valence-electron chi connectivity index (χ0n) is 11.7. The molecule has 3 rings (SSSR count). The molecule has 2 aliphatic rings. The number of rotatable bonds is 3. The fourth-order valence-corrected chi connectivity index (χ4v) is 3.70. The van der Waals surface area contributed by atoms with Crippen molar-refractivity contribution in [3.63, 3.8) is 0 Å². The van der Waals surface area contributed by atoms with E-state index in [1.54, 1.807) is 0 Å². The Kier molecular flexibility index (Phi) is 3.27. The normalized spacial score (nSPS) is 33.0. The van der Waals surface area contributed by atoms with Crippen LogP contribution in [-0.4, -0.2) is 22.9 Å². The van der Waals surface area contributed by atoms with Crippen LogP contribution in [-0.2, 0) is 0 Å². The molecule has 104 valence electrons. The minimum atomic E-state index is -0.0859. The zero-order valence-corrected chi connectivity index (χ0v) is 11.7. The van der Waals surface area contributed by atoms with Gasteiger partial charge in [-0.05, 0) is 61.8 Å². The number of hydrogen-bond donors (Lipinski definition) is 3. The molecule has 0 radical (unpaired) electrons. The molecule has 3 heteroatoms. The highest BCUT2D eigenvalue weighted by atomic mass is 16.3. The molecule has 0 bridgehead atoms. The first kappa shape index (κ1) is 12.9. The van der Waals surface area contributed by atoms with E-state index in [1.165, 1.54) is 11.1 Å². The molecule has 19 heavy (non-hydrogen) atoms. The average Bonchev–Trinajstić information content (AvgIpc) is 2.67. The number of aliphatic hydroxyl groups is 1. The highest BCUT2D eigenvalue weighted by Crippen LogP contribution is 2.46. The molecular formula is C16H23NO2. The summed E-state index contributed by atoms with van der Waals surface area (Å²) in [5.41, 5.74) is 3.71. The second kappa shape index (κ2) is 4.80. The van der Waals surface area contributed by atoms with Crippen molar-refractivity contribution < 1.29 is 10.2 Å². The second-order valence-electron chi connectivity index (χ2n) is 6.32. The minimum Gasteiger partial charge on any atom is -0.508 e. The van der Waals surface area contributed by atoms with E-state index in [9.17, 15) is 10.2 Å². The number of fused-ring (bicyclic) bond motifs is 1. The van der Waals surface area contributed by atoms with Crippen molar-refractivity contribution in [3.05, 3.63) is 28.8 Å². The van der Waals surface area contributed by atoms with E-state index in [-0.39, 0.29) is 12.1 Å². The van der Waals surface area contributed by atoms with E-state index in [2.05, 4.69) is 19.2 Å². The molecule has 0 aromatic heterocycles. The Morgan fingerprint density at radius 1 is 1.21 bits per heavy atom. The molecule has 3 nitrogen and oxygen atoms in total. The minimum absolute atomic E-state index is 0.0859. The number of nitrogens with one attached hydrogen (secondary N) is 1. The lowest BCUT2D eigenvalue weighted by atomic mass is 9.82. The Morgan fingerprint density at radius 3 is 2.63 bits per heavy atom. The summed E-state index contributed by atoms with van der Waals surface area (Å²) in [5, 5.41) is 23.1.